The molecular weight excluding hydrogens is 387 g/mol. The predicted molar refractivity (Wildman–Crippen MR) is 114 cm³/mol. The zero-order valence-corrected chi connectivity index (χ0v) is 16.3. The molecule has 2 N–H and O–H groups in total. The number of hydrogen-bond acceptors (Lipinski definition) is 5. The maximum atomic E-state index is 13.0. The number of aryl methyl sites for hydroxylation is 1. The quantitative estimate of drug-likeness (QED) is 0.451. The van der Waals surface area contributed by atoms with E-state index in [2.05, 4.69) is 20.6 Å². The first-order chi connectivity index (χ1) is 14.1. The summed E-state index contributed by atoms with van der Waals surface area (Å²) in [6.45, 7) is 1.96. The number of hydrogen-bond donors (Lipinski definition) is 2. The summed E-state index contributed by atoms with van der Waals surface area (Å²) in [7, 11) is 0. The molecule has 7 heteroatoms. The molecule has 0 saturated heterocycles. The Morgan fingerprint density at radius 2 is 1.93 bits per heavy atom. The molecule has 0 saturated carbocycles. The Bertz CT molecular complexity index is 1140. The third-order valence-corrected chi connectivity index (χ3v) is 5.06. The van der Waals surface area contributed by atoms with Crippen LogP contribution in [-0.2, 0) is 0 Å². The fourth-order valence-corrected chi connectivity index (χ4v) is 3.46. The van der Waals surface area contributed by atoms with Crippen molar-refractivity contribution in [2.24, 2.45) is 0 Å². The van der Waals surface area contributed by atoms with Gasteiger partial charge in [-0.1, -0.05) is 6.07 Å². The second-order valence-corrected chi connectivity index (χ2v) is 7.25. The van der Waals surface area contributed by atoms with Gasteiger partial charge in [-0.3, -0.25) is 9.78 Å². The first-order valence-electron chi connectivity index (χ1n) is 8.89. The van der Waals surface area contributed by atoms with E-state index in [0.29, 0.717) is 11.3 Å². The molecule has 1 amide bonds. The molecule has 0 aliphatic carbocycles. The van der Waals surface area contributed by atoms with Crippen molar-refractivity contribution in [2.45, 2.75) is 6.92 Å². The summed E-state index contributed by atoms with van der Waals surface area (Å²) in [6.07, 6.45) is 3.49. The first-order valence-corrected chi connectivity index (χ1v) is 9.77. The topological polar surface area (TPSA) is 66.9 Å². The lowest BCUT2D eigenvalue weighted by molar-refractivity contribution is 0.102. The Morgan fingerprint density at radius 1 is 1.10 bits per heavy atom. The summed E-state index contributed by atoms with van der Waals surface area (Å²) in [4.78, 5) is 21.3. The Hall–Kier alpha value is -3.58. The SMILES string of the molecule is Cc1ccc(C(=O)Nc2ccc(F)cc2)cc1Nc1nc(-c2cccnc2)cs1. The van der Waals surface area contributed by atoms with E-state index in [9.17, 15) is 9.18 Å². The molecule has 2 aromatic carbocycles. The van der Waals surface area contributed by atoms with Gasteiger partial charge in [-0.2, -0.15) is 0 Å². The molecule has 0 unspecified atom stereocenters. The highest BCUT2D eigenvalue weighted by Gasteiger charge is 2.11. The lowest BCUT2D eigenvalue weighted by Crippen LogP contribution is -2.12. The number of carbonyl (C=O) groups excluding carboxylic acids is 1. The van der Waals surface area contributed by atoms with Crippen LogP contribution in [0.1, 0.15) is 15.9 Å². The lowest BCUT2D eigenvalue weighted by Gasteiger charge is -2.10. The van der Waals surface area contributed by atoms with Crippen LogP contribution >= 0.6 is 11.3 Å². The van der Waals surface area contributed by atoms with E-state index in [4.69, 9.17) is 0 Å². The fraction of sp³-hybridized carbons (Fsp3) is 0.0455. The van der Waals surface area contributed by atoms with Crippen molar-refractivity contribution in [2.75, 3.05) is 10.6 Å². The highest BCUT2D eigenvalue weighted by Crippen LogP contribution is 2.28. The standard InChI is InChI=1S/C22H17FN4OS/c1-14-4-5-15(21(28)25-18-8-6-17(23)7-9-18)11-19(14)26-22-27-20(13-29-22)16-3-2-10-24-12-16/h2-13H,1H3,(H,25,28)(H,26,27). The van der Waals surface area contributed by atoms with Gasteiger partial charge in [0, 0.05) is 40.3 Å². The largest absolute Gasteiger partial charge is 0.331 e. The minimum atomic E-state index is -0.348. The number of benzene rings is 2. The highest BCUT2D eigenvalue weighted by molar-refractivity contribution is 7.14. The zero-order chi connectivity index (χ0) is 20.2. The second-order valence-electron chi connectivity index (χ2n) is 6.40. The van der Waals surface area contributed by atoms with Crippen molar-refractivity contribution in [3.05, 3.63) is 89.3 Å². The number of pyridine rings is 1. The molecule has 0 fully saturated rings. The van der Waals surface area contributed by atoms with Crippen LogP contribution in [0.3, 0.4) is 0 Å². The molecule has 0 radical (unpaired) electrons. The third-order valence-electron chi connectivity index (χ3n) is 4.30. The molecule has 0 spiro atoms. The van der Waals surface area contributed by atoms with E-state index in [1.54, 1.807) is 24.5 Å². The first kappa shape index (κ1) is 18.8. The molecular formula is C22H17FN4OS. The minimum Gasteiger partial charge on any atom is -0.331 e. The van der Waals surface area contributed by atoms with Crippen LogP contribution < -0.4 is 10.6 Å². The van der Waals surface area contributed by atoms with Crippen LogP contribution in [0.2, 0.25) is 0 Å². The maximum Gasteiger partial charge on any atom is 0.255 e. The summed E-state index contributed by atoms with van der Waals surface area (Å²) in [6, 6.07) is 14.9. The van der Waals surface area contributed by atoms with Crippen LogP contribution in [0.4, 0.5) is 20.9 Å². The summed E-state index contributed by atoms with van der Waals surface area (Å²) in [5.74, 6) is -0.617. The molecule has 4 rings (SSSR count). The van der Waals surface area contributed by atoms with Gasteiger partial charge in [-0.15, -0.1) is 11.3 Å². The monoisotopic (exact) mass is 404 g/mol. The van der Waals surface area contributed by atoms with E-state index in [0.717, 1.165) is 27.6 Å². The molecule has 0 aliphatic heterocycles. The van der Waals surface area contributed by atoms with Crippen LogP contribution in [0.5, 0.6) is 0 Å². The molecule has 0 bridgehead atoms. The molecule has 4 aromatic rings. The number of rotatable bonds is 5. The van der Waals surface area contributed by atoms with Crippen molar-refractivity contribution >= 4 is 33.8 Å². The van der Waals surface area contributed by atoms with Gasteiger partial charge in [0.2, 0.25) is 0 Å². The van der Waals surface area contributed by atoms with Gasteiger partial charge in [-0.25, -0.2) is 9.37 Å². The van der Waals surface area contributed by atoms with E-state index >= 15 is 0 Å². The molecule has 5 nitrogen and oxygen atoms in total. The van der Waals surface area contributed by atoms with Crippen LogP contribution in [0, 0.1) is 12.7 Å². The number of nitrogens with zero attached hydrogens (tertiary/aromatic N) is 2. The number of thiazole rings is 1. The molecule has 0 aliphatic rings. The summed E-state index contributed by atoms with van der Waals surface area (Å²) < 4.78 is 13.0. The fourth-order valence-electron chi connectivity index (χ4n) is 2.73. The third kappa shape index (κ3) is 4.47. The minimum absolute atomic E-state index is 0.269. The van der Waals surface area contributed by atoms with Crippen LogP contribution in [0.25, 0.3) is 11.3 Å². The molecule has 2 heterocycles. The summed E-state index contributed by atoms with van der Waals surface area (Å²) in [5, 5.41) is 8.74. The number of aromatic nitrogens is 2. The lowest BCUT2D eigenvalue weighted by atomic mass is 10.1. The zero-order valence-electron chi connectivity index (χ0n) is 15.5. The predicted octanol–water partition coefficient (Wildman–Crippen LogP) is 5.65. The van der Waals surface area contributed by atoms with Crippen molar-refractivity contribution in [1.82, 2.24) is 9.97 Å². The van der Waals surface area contributed by atoms with Crippen molar-refractivity contribution < 1.29 is 9.18 Å². The van der Waals surface area contributed by atoms with Crippen molar-refractivity contribution in [3.63, 3.8) is 0 Å². The normalized spacial score (nSPS) is 10.6. The van der Waals surface area contributed by atoms with Gasteiger partial charge in [0.1, 0.15) is 5.82 Å². The Labute approximate surface area is 171 Å². The van der Waals surface area contributed by atoms with Crippen LogP contribution in [-0.4, -0.2) is 15.9 Å². The number of amides is 1. The number of nitrogens with one attached hydrogen (secondary N) is 2. The van der Waals surface area contributed by atoms with Crippen molar-refractivity contribution in [1.29, 1.82) is 0 Å². The smallest absolute Gasteiger partial charge is 0.255 e. The second kappa shape index (κ2) is 8.20. The van der Waals surface area contributed by atoms with Gasteiger partial charge in [0.05, 0.1) is 5.69 Å². The van der Waals surface area contributed by atoms with E-state index in [1.165, 1.54) is 35.6 Å². The van der Waals surface area contributed by atoms with Gasteiger partial charge in [-0.05, 0) is 61.0 Å². The molecule has 2 aromatic heterocycles. The van der Waals surface area contributed by atoms with Crippen LogP contribution in [0.15, 0.2) is 72.4 Å². The highest BCUT2D eigenvalue weighted by atomic mass is 32.1. The van der Waals surface area contributed by atoms with E-state index in [-0.39, 0.29) is 11.7 Å². The molecule has 144 valence electrons. The van der Waals surface area contributed by atoms with Crippen molar-refractivity contribution in [3.8, 4) is 11.3 Å². The number of halogens is 1. The Morgan fingerprint density at radius 3 is 2.69 bits per heavy atom. The Balaban J connectivity index is 1.52. The van der Waals surface area contributed by atoms with Gasteiger partial charge >= 0.3 is 0 Å². The molecule has 0 atom stereocenters. The maximum absolute atomic E-state index is 13.0. The summed E-state index contributed by atoms with van der Waals surface area (Å²) in [5.41, 5.74) is 4.60. The van der Waals surface area contributed by atoms with Gasteiger partial charge in [0.15, 0.2) is 5.13 Å². The number of anilines is 3. The van der Waals surface area contributed by atoms with Gasteiger partial charge in [0.25, 0.3) is 5.91 Å². The van der Waals surface area contributed by atoms with E-state index < -0.39 is 0 Å². The average molecular weight is 404 g/mol. The molecule has 29 heavy (non-hydrogen) atoms. The van der Waals surface area contributed by atoms with E-state index in [1.807, 2.05) is 30.5 Å². The van der Waals surface area contributed by atoms with Gasteiger partial charge < -0.3 is 10.6 Å². The number of carbonyl (C=O) groups is 1. The summed E-state index contributed by atoms with van der Waals surface area (Å²) >= 11 is 1.48. The average Bonchev–Trinajstić information content (AvgIpc) is 3.20. The Kier molecular flexibility index (Phi) is 5.31.